The minimum Gasteiger partial charge on any atom is -0.368 e. The maximum absolute atomic E-state index is 12.9. The van der Waals surface area contributed by atoms with E-state index in [0.29, 0.717) is 43.7 Å². The fraction of sp³-hybridized carbons (Fsp3) is 0.263. The van der Waals surface area contributed by atoms with E-state index in [1.165, 1.54) is 12.1 Å². The maximum Gasteiger partial charge on any atom is 0.416 e. The average molecular weight is 374 g/mol. The normalized spacial score (nSPS) is 15.2. The molecule has 140 valence electrons. The lowest BCUT2D eigenvalue weighted by molar-refractivity contribution is -0.137. The summed E-state index contributed by atoms with van der Waals surface area (Å²) in [6, 6.07) is 15.4. The van der Waals surface area contributed by atoms with Gasteiger partial charge in [0.25, 0.3) is 0 Å². The van der Waals surface area contributed by atoms with Gasteiger partial charge in [0, 0.05) is 37.4 Å². The van der Waals surface area contributed by atoms with Crippen LogP contribution in [0.15, 0.2) is 59.1 Å². The first-order valence-electron chi connectivity index (χ1n) is 8.57. The number of piperazine rings is 1. The van der Waals surface area contributed by atoms with Crippen molar-refractivity contribution in [1.29, 1.82) is 0 Å². The van der Waals surface area contributed by atoms with E-state index in [1.54, 1.807) is 6.07 Å². The zero-order chi connectivity index (χ0) is 18.9. The molecule has 0 atom stereocenters. The SMILES string of the molecule is FC(F)(F)c1cccc(N2CCN(c3nc(-c4ccccc4)no3)CC2)c1. The molecule has 1 aliphatic heterocycles. The number of hydrogen-bond donors (Lipinski definition) is 0. The van der Waals surface area contributed by atoms with Crippen molar-refractivity contribution in [2.75, 3.05) is 36.0 Å². The molecule has 3 aromatic rings. The average Bonchev–Trinajstić information content (AvgIpc) is 3.19. The Kier molecular flexibility index (Phi) is 4.47. The minimum atomic E-state index is -4.34. The van der Waals surface area contributed by atoms with Crippen LogP contribution in [0.3, 0.4) is 0 Å². The molecule has 8 heteroatoms. The van der Waals surface area contributed by atoms with Gasteiger partial charge in [-0.2, -0.15) is 18.2 Å². The molecule has 0 amide bonds. The Balaban J connectivity index is 1.43. The van der Waals surface area contributed by atoms with Gasteiger partial charge in [0.2, 0.25) is 5.82 Å². The van der Waals surface area contributed by atoms with Gasteiger partial charge >= 0.3 is 12.2 Å². The molecular formula is C19H17F3N4O. The molecule has 1 aromatic heterocycles. The molecule has 1 aliphatic rings. The Morgan fingerprint density at radius 3 is 2.26 bits per heavy atom. The van der Waals surface area contributed by atoms with Crippen molar-refractivity contribution in [2.24, 2.45) is 0 Å². The van der Waals surface area contributed by atoms with Gasteiger partial charge in [-0.3, -0.25) is 0 Å². The fourth-order valence-electron chi connectivity index (χ4n) is 3.08. The molecular weight excluding hydrogens is 357 g/mol. The number of nitrogens with zero attached hydrogens (tertiary/aromatic N) is 4. The summed E-state index contributed by atoms with van der Waals surface area (Å²) in [4.78, 5) is 8.31. The van der Waals surface area contributed by atoms with Crippen molar-refractivity contribution in [1.82, 2.24) is 10.1 Å². The second-order valence-corrected chi connectivity index (χ2v) is 6.29. The van der Waals surface area contributed by atoms with E-state index in [-0.39, 0.29) is 0 Å². The third kappa shape index (κ3) is 3.74. The van der Waals surface area contributed by atoms with Crippen molar-refractivity contribution in [3.05, 3.63) is 60.2 Å². The first kappa shape index (κ1) is 17.4. The lowest BCUT2D eigenvalue weighted by Crippen LogP contribution is -2.46. The van der Waals surface area contributed by atoms with Crippen molar-refractivity contribution >= 4 is 11.7 Å². The fourth-order valence-corrected chi connectivity index (χ4v) is 3.08. The predicted octanol–water partition coefficient (Wildman–Crippen LogP) is 4.08. The van der Waals surface area contributed by atoms with Crippen LogP contribution < -0.4 is 9.80 Å². The first-order chi connectivity index (χ1) is 13.0. The van der Waals surface area contributed by atoms with E-state index in [1.807, 2.05) is 40.1 Å². The third-order valence-electron chi connectivity index (χ3n) is 4.54. The molecule has 2 aromatic carbocycles. The van der Waals surface area contributed by atoms with Crippen molar-refractivity contribution < 1.29 is 17.7 Å². The summed E-state index contributed by atoms with van der Waals surface area (Å²) in [6.07, 6.45) is -4.34. The van der Waals surface area contributed by atoms with Crippen LogP contribution in [0.5, 0.6) is 0 Å². The monoisotopic (exact) mass is 374 g/mol. The molecule has 27 heavy (non-hydrogen) atoms. The van der Waals surface area contributed by atoms with Gasteiger partial charge in [0.15, 0.2) is 0 Å². The lowest BCUT2D eigenvalue weighted by atomic mass is 10.1. The van der Waals surface area contributed by atoms with Crippen LogP contribution in [-0.2, 0) is 6.18 Å². The second-order valence-electron chi connectivity index (χ2n) is 6.29. The van der Waals surface area contributed by atoms with E-state index >= 15 is 0 Å². The second kappa shape index (κ2) is 6.94. The number of benzene rings is 2. The van der Waals surface area contributed by atoms with Crippen LogP contribution in [0, 0.1) is 0 Å². The summed E-state index contributed by atoms with van der Waals surface area (Å²) in [5.41, 5.74) is 0.807. The molecule has 0 spiro atoms. The largest absolute Gasteiger partial charge is 0.416 e. The highest BCUT2D eigenvalue weighted by Crippen LogP contribution is 2.32. The summed E-state index contributed by atoms with van der Waals surface area (Å²) in [6.45, 7) is 2.33. The molecule has 0 bridgehead atoms. The predicted molar refractivity (Wildman–Crippen MR) is 95.6 cm³/mol. The van der Waals surface area contributed by atoms with Crippen LogP contribution in [0.25, 0.3) is 11.4 Å². The Morgan fingerprint density at radius 2 is 1.56 bits per heavy atom. The third-order valence-corrected chi connectivity index (χ3v) is 4.54. The van der Waals surface area contributed by atoms with Crippen LogP contribution in [-0.4, -0.2) is 36.3 Å². The van der Waals surface area contributed by atoms with E-state index in [9.17, 15) is 13.2 Å². The van der Waals surface area contributed by atoms with Gasteiger partial charge in [-0.25, -0.2) is 0 Å². The number of anilines is 2. The Morgan fingerprint density at radius 1 is 0.852 bits per heavy atom. The van der Waals surface area contributed by atoms with Gasteiger partial charge < -0.3 is 14.3 Å². The number of hydrogen-bond acceptors (Lipinski definition) is 5. The van der Waals surface area contributed by atoms with Crippen LogP contribution in [0.2, 0.25) is 0 Å². The van der Waals surface area contributed by atoms with Gasteiger partial charge in [-0.05, 0) is 18.2 Å². The molecule has 4 rings (SSSR count). The molecule has 0 radical (unpaired) electrons. The van der Waals surface area contributed by atoms with Crippen molar-refractivity contribution in [3.8, 4) is 11.4 Å². The summed E-state index contributed by atoms with van der Waals surface area (Å²) < 4.78 is 44.1. The summed E-state index contributed by atoms with van der Waals surface area (Å²) in [5, 5.41) is 4.01. The van der Waals surface area contributed by atoms with Crippen LogP contribution >= 0.6 is 0 Å². The highest BCUT2D eigenvalue weighted by molar-refractivity contribution is 5.56. The standard InChI is InChI=1S/C19H17F3N4O/c20-19(21,22)15-7-4-8-16(13-15)25-9-11-26(12-10-25)18-23-17(24-27-18)14-5-2-1-3-6-14/h1-8,13H,9-12H2. The topological polar surface area (TPSA) is 45.4 Å². The molecule has 2 heterocycles. The van der Waals surface area contributed by atoms with Gasteiger partial charge in [-0.1, -0.05) is 41.6 Å². The molecule has 5 nitrogen and oxygen atoms in total. The number of rotatable bonds is 3. The lowest BCUT2D eigenvalue weighted by Gasteiger charge is -2.35. The zero-order valence-corrected chi connectivity index (χ0v) is 14.4. The van der Waals surface area contributed by atoms with Crippen molar-refractivity contribution in [3.63, 3.8) is 0 Å². The first-order valence-corrected chi connectivity index (χ1v) is 8.57. The van der Waals surface area contributed by atoms with E-state index < -0.39 is 11.7 Å². The van der Waals surface area contributed by atoms with E-state index in [4.69, 9.17) is 4.52 Å². The van der Waals surface area contributed by atoms with Crippen LogP contribution in [0.4, 0.5) is 24.9 Å². The smallest absolute Gasteiger partial charge is 0.368 e. The Labute approximate surface area is 154 Å². The summed E-state index contributed by atoms with van der Waals surface area (Å²) >= 11 is 0. The Hall–Kier alpha value is -3.03. The number of alkyl halides is 3. The highest BCUT2D eigenvalue weighted by atomic mass is 19.4. The maximum atomic E-state index is 12.9. The molecule has 0 saturated carbocycles. The summed E-state index contributed by atoms with van der Waals surface area (Å²) in [5.74, 6) is 0.519. The van der Waals surface area contributed by atoms with Gasteiger partial charge in [0.1, 0.15) is 0 Å². The minimum absolute atomic E-state index is 0.428. The van der Waals surface area contributed by atoms with Crippen molar-refractivity contribution in [2.45, 2.75) is 6.18 Å². The Bertz CT molecular complexity index is 903. The van der Waals surface area contributed by atoms with Crippen LogP contribution in [0.1, 0.15) is 5.56 Å². The number of halogens is 3. The number of aromatic nitrogens is 2. The van der Waals surface area contributed by atoms with Gasteiger partial charge in [0.05, 0.1) is 5.56 Å². The van der Waals surface area contributed by atoms with E-state index in [2.05, 4.69) is 10.1 Å². The van der Waals surface area contributed by atoms with E-state index in [0.717, 1.165) is 11.6 Å². The summed E-state index contributed by atoms with van der Waals surface area (Å²) in [7, 11) is 0. The molecule has 1 saturated heterocycles. The highest BCUT2D eigenvalue weighted by Gasteiger charge is 2.31. The molecule has 0 unspecified atom stereocenters. The molecule has 0 aliphatic carbocycles. The zero-order valence-electron chi connectivity index (χ0n) is 14.4. The quantitative estimate of drug-likeness (QED) is 0.691. The molecule has 1 fully saturated rings. The van der Waals surface area contributed by atoms with Gasteiger partial charge in [-0.15, -0.1) is 0 Å². The molecule has 0 N–H and O–H groups in total.